The van der Waals surface area contributed by atoms with Gasteiger partial charge in [-0.1, -0.05) is 13.8 Å². The molecule has 0 radical (unpaired) electrons. The van der Waals surface area contributed by atoms with E-state index in [0.717, 1.165) is 6.26 Å². The highest BCUT2D eigenvalue weighted by molar-refractivity contribution is 7.90. The highest BCUT2D eigenvalue weighted by Crippen LogP contribution is 2.31. The lowest BCUT2D eigenvalue weighted by molar-refractivity contribution is 0.0999. The molecule has 1 aromatic carbocycles. The van der Waals surface area contributed by atoms with E-state index >= 15 is 0 Å². The molecule has 21 heavy (non-hydrogen) atoms. The predicted molar refractivity (Wildman–Crippen MR) is 80.3 cm³/mol. The van der Waals surface area contributed by atoms with Crippen molar-refractivity contribution in [1.82, 2.24) is 0 Å². The molecule has 1 aromatic rings. The number of benzene rings is 1. The molecule has 1 rings (SSSR count). The number of ether oxygens (including phenoxy) is 1. The number of amides is 1. The quantitative estimate of drug-likeness (QED) is 0.620. The molecule has 0 heterocycles. The van der Waals surface area contributed by atoms with Crippen LogP contribution >= 0.6 is 0 Å². The van der Waals surface area contributed by atoms with E-state index in [0.29, 0.717) is 5.56 Å². The largest absolute Gasteiger partial charge is 0.496 e. The maximum Gasteiger partial charge on any atom is 0.283 e. The standard InChI is InChI=1S/C13H19N3O4S/c1-7(2)8-5-10(20-3)9(12(17)16-13(14)15)6-11(8)21(4,18)19/h5-7H,1-4H3,(H4,14,15,16,17). The van der Waals surface area contributed by atoms with Crippen LogP contribution in [0.5, 0.6) is 5.75 Å². The smallest absolute Gasteiger partial charge is 0.283 e. The third kappa shape index (κ3) is 3.94. The first kappa shape index (κ1) is 17.0. The van der Waals surface area contributed by atoms with Gasteiger partial charge in [-0.25, -0.2) is 8.42 Å². The minimum absolute atomic E-state index is 0.00396. The van der Waals surface area contributed by atoms with Crippen molar-refractivity contribution < 1.29 is 17.9 Å². The highest BCUT2D eigenvalue weighted by Gasteiger charge is 2.22. The van der Waals surface area contributed by atoms with Crippen LogP contribution in [0.15, 0.2) is 22.0 Å². The minimum Gasteiger partial charge on any atom is -0.496 e. The summed E-state index contributed by atoms with van der Waals surface area (Å²) in [6.45, 7) is 3.70. The van der Waals surface area contributed by atoms with Gasteiger partial charge in [0.25, 0.3) is 5.91 Å². The van der Waals surface area contributed by atoms with Crippen molar-refractivity contribution in [2.75, 3.05) is 13.4 Å². The summed E-state index contributed by atoms with van der Waals surface area (Å²) in [5.74, 6) is -1.00. The number of guanidine groups is 1. The molecule has 4 N–H and O–H groups in total. The lowest BCUT2D eigenvalue weighted by Crippen LogP contribution is -2.24. The maximum absolute atomic E-state index is 12.0. The summed E-state index contributed by atoms with van der Waals surface area (Å²) >= 11 is 0. The van der Waals surface area contributed by atoms with Gasteiger partial charge in [-0.2, -0.15) is 4.99 Å². The lowest BCUT2D eigenvalue weighted by atomic mass is 10.0. The summed E-state index contributed by atoms with van der Waals surface area (Å²) in [6, 6.07) is 2.77. The van der Waals surface area contributed by atoms with E-state index in [2.05, 4.69) is 4.99 Å². The number of sulfone groups is 1. The molecule has 0 unspecified atom stereocenters. The van der Waals surface area contributed by atoms with Gasteiger partial charge in [0.1, 0.15) is 5.75 Å². The fraction of sp³-hybridized carbons (Fsp3) is 0.385. The highest BCUT2D eigenvalue weighted by atomic mass is 32.2. The first-order valence-electron chi connectivity index (χ1n) is 6.13. The van der Waals surface area contributed by atoms with Gasteiger partial charge in [-0.3, -0.25) is 4.79 Å². The third-order valence-corrected chi connectivity index (χ3v) is 3.97. The number of aliphatic imine (C=N–C) groups is 1. The van der Waals surface area contributed by atoms with Gasteiger partial charge in [-0.15, -0.1) is 0 Å². The molecule has 0 aliphatic carbocycles. The number of rotatable bonds is 4. The van der Waals surface area contributed by atoms with Crippen molar-refractivity contribution in [1.29, 1.82) is 0 Å². The second-order valence-corrected chi connectivity index (χ2v) is 6.84. The Bertz CT molecular complexity index is 690. The molecule has 0 aliphatic heterocycles. The average Bonchev–Trinajstić information content (AvgIpc) is 2.34. The number of carbonyl (C=O) groups excluding carboxylic acids is 1. The zero-order valence-electron chi connectivity index (χ0n) is 12.4. The number of carbonyl (C=O) groups is 1. The predicted octanol–water partition coefficient (Wildman–Crippen LogP) is 0.636. The van der Waals surface area contributed by atoms with Crippen molar-refractivity contribution in [2.45, 2.75) is 24.7 Å². The van der Waals surface area contributed by atoms with Crippen LogP contribution in [-0.2, 0) is 9.84 Å². The topological polar surface area (TPSA) is 125 Å². The van der Waals surface area contributed by atoms with Gasteiger partial charge in [0.05, 0.1) is 17.6 Å². The van der Waals surface area contributed by atoms with Gasteiger partial charge >= 0.3 is 0 Å². The third-order valence-electron chi connectivity index (χ3n) is 2.81. The number of nitrogens with zero attached hydrogens (tertiary/aromatic N) is 1. The summed E-state index contributed by atoms with van der Waals surface area (Å²) in [7, 11) is -2.13. The summed E-state index contributed by atoms with van der Waals surface area (Å²) in [5.41, 5.74) is 10.9. The Hall–Kier alpha value is -2.09. The molecule has 0 bridgehead atoms. The molecule has 0 spiro atoms. The first-order valence-corrected chi connectivity index (χ1v) is 8.03. The van der Waals surface area contributed by atoms with Gasteiger partial charge in [0.15, 0.2) is 15.8 Å². The molecule has 0 aliphatic rings. The Labute approximate surface area is 123 Å². The van der Waals surface area contributed by atoms with Gasteiger partial charge < -0.3 is 16.2 Å². The van der Waals surface area contributed by atoms with Crippen LogP contribution in [-0.4, -0.2) is 33.7 Å². The number of hydrogen-bond donors (Lipinski definition) is 2. The van der Waals surface area contributed by atoms with Crippen LogP contribution in [0.25, 0.3) is 0 Å². The first-order chi connectivity index (χ1) is 9.57. The monoisotopic (exact) mass is 313 g/mol. The van der Waals surface area contributed by atoms with Crippen LogP contribution in [0.4, 0.5) is 0 Å². The Kier molecular flexibility index (Phi) is 4.95. The Morgan fingerprint density at radius 3 is 2.24 bits per heavy atom. The normalized spacial score (nSPS) is 11.3. The summed E-state index contributed by atoms with van der Waals surface area (Å²) in [5, 5.41) is 0. The van der Waals surface area contributed by atoms with Crippen LogP contribution < -0.4 is 16.2 Å². The SMILES string of the molecule is COc1cc(C(C)C)c(S(C)(=O)=O)cc1C(=O)N=C(N)N. The van der Waals surface area contributed by atoms with E-state index in [4.69, 9.17) is 16.2 Å². The zero-order valence-corrected chi connectivity index (χ0v) is 13.2. The van der Waals surface area contributed by atoms with Crippen LogP contribution in [0.2, 0.25) is 0 Å². The Morgan fingerprint density at radius 2 is 1.86 bits per heavy atom. The molecule has 0 saturated carbocycles. The molecule has 0 fully saturated rings. The van der Waals surface area contributed by atoms with Crippen molar-refractivity contribution in [3.63, 3.8) is 0 Å². The second kappa shape index (κ2) is 6.13. The fourth-order valence-corrected chi connectivity index (χ4v) is 2.92. The lowest BCUT2D eigenvalue weighted by Gasteiger charge is -2.15. The average molecular weight is 313 g/mol. The van der Waals surface area contributed by atoms with Gasteiger partial charge in [-0.05, 0) is 23.6 Å². The van der Waals surface area contributed by atoms with Gasteiger partial charge in [0, 0.05) is 6.26 Å². The molecule has 116 valence electrons. The molecule has 0 saturated heterocycles. The second-order valence-electron chi connectivity index (χ2n) is 4.86. The van der Waals surface area contributed by atoms with Crippen molar-refractivity contribution in [3.8, 4) is 5.75 Å². The van der Waals surface area contributed by atoms with E-state index in [1.54, 1.807) is 0 Å². The Balaban J connectivity index is 3.67. The Morgan fingerprint density at radius 1 is 1.29 bits per heavy atom. The fourth-order valence-electron chi connectivity index (χ4n) is 1.86. The molecular weight excluding hydrogens is 294 g/mol. The van der Waals surface area contributed by atoms with E-state index in [9.17, 15) is 13.2 Å². The van der Waals surface area contributed by atoms with E-state index in [1.807, 2.05) is 13.8 Å². The molecule has 0 aromatic heterocycles. The van der Waals surface area contributed by atoms with Crippen molar-refractivity contribution in [3.05, 3.63) is 23.3 Å². The maximum atomic E-state index is 12.0. The number of nitrogens with two attached hydrogens (primary N) is 2. The molecular formula is C13H19N3O4S. The number of hydrogen-bond acceptors (Lipinski definition) is 4. The molecule has 0 atom stereocenters. The molecule has 1 amide bonds. The zero-order chi connectivity index (χ0) is 16.4. The van der Waals surface area contributed by atoms with Crippen molar-refractivity contribution in [2.24, 2.45) is 16.5 Å². The summed E-state index contributed by atoms with van der Waals surface area (Å²) in [4.78, 5) is 15.4. The van der Waals surface area contributed by atoms with E-state index < -0.39 is 21.7 Å². The minimum atomic E-state index is -3.51. The number of methoxy groups -OCH3 is 1. The molecule has 7 nitrogen and oxygen atoms in total. The summed E-state index contributed by atoms with van der Waals surface area (Å²) < 4.78 is 29.0. The summed E-state index contributed by atoms with van der Waals surface area (Å²) in [6.07, 6.45) is 1.08. The molecule has 8 heteroatoms. The van der Waals surface area contributed by atoms with E-state index in [-0.39, 0.29) is 22.1 Å². The van der Waals surface area contributed by atoms with Gasteiger partial charge in [0.2, 0.25) is 0 Å². The van der Waals surface area contributed by atoms with Crippen LogP contribution in [0.1, 0.15) is 35.7 Å². The van der Waals surface area contributed by atoms with Crippen molar-refractivity contribution >= 4 is 21.7 Å². The van der Waals surface area contributed by atoms with E-state index in [1.165, 1.54) is 19.2 Å². The van der Waals surface area contributed by atoms with Crippen LogP contribution in [0.3, 0.4) is 0 Å². The van der Waals surface area contributed by atoms with Crippen LogP contribution in [0, 0.1) is 0 Å².